The minimum Gasteiger partial charge on any atom is -0.367 e. The zero-order valence-corrected chi connectivity index (χ0v) is 12.1. The van der Waals surface area contributed by atoms with E-state index < -0.39 is 0 Å². The molecule has 104 valence electrons. The fraction of sp³-hybridized carbons (Fsp3) is 0.611. The highest BCUT2D eigenvalue weighted by molar-refractivity contribution is 5.50. The topological polar surface area (TPSA) is 35.8 Å². The molecule has 0 aromatic heterocycles. The summed E-state index contributed by atoms with van der Waals surface area (Å²) < 4.78 is 0. The van der Waals surface area contributed by atoms with Gasteiger partial charge in [0, 0.05) is 5.69 Å². The second kappa shape index (κ2) is 4.25. The summed E-state index contributed by atoms with van der Waals surface area (Å²) >= 11 is 0. The molecule has 0 radical (unpaired) electrons. The lowest BCUT2D eigenvalue weighted by atomic mass is 9.49. The van der Waals surface area contributed by atoms with Crippen LogP contribution in [0.1, 0.15) is 37.7 Å². The third-order valence-electron chi connectivity index (χ3n) is 6.01. The first-order chi connectivity index (χ1) is 9.69. The molecule has 4 fully saturated rings. The van der Waals surface area contributed by atoms with Gasteiger partial charge in [0.2, 0.25) is 0 Å². The van der Waals surface area contributed by atoms with E-state index in [1.165, 1.54) is 37.7 Å². The summed E-state index contributed by atoms with van der Waals surface area (Å²) in [5.41, 5.74) is 2.08. The lowest BCUT2D eigenvalue weighted by Crippen LogP contribution is -2.61. The Bertz CT molecular complexity index is 524. The van der Waals surface area contributed by atoms with Crippen LogP contribution < -0.4 is 5.32 Å². The van der Waals surface area contributed by atoms with E-state index in [2.05, 4.69) is 42.6 Å². The largest absolute Gasteiger partial charge is 0.367 e. The van der Waals surface area contributed by atoms with Crippen LogP contribution in [0.5, 0.6) is 0 Å². The first-order valence-electron chi connectivity index (χ1n) is 7.95. The molecule has 0 heterocycles. The van der Waals surface area contributed by atoms with Crippen LogP contribution in [0.15, 0.2) is 24.3 Å². The molecule has 4 aliphatic carbocycles. The Morgan fingerprint density at radius 1 is 1.00 bits per heavy atom. The van der Waals surface area contributed by atoms with Gasteiger partial charge < -0.3 is 5.32 Å². The lowest BCUT2D eigenvalue weighted by molar-refractivity contribution is -0.0206. The van der Waals surface area contributed by atoms with Crippen LogP contribution in [-0.4, -0.2) is 5.54 Å². The number of nitrogens with one attached hydrogen (secondary N) is 1. The lowest BCUT2D eigenvalue weighted by Gasteiger charge is -2.58. The molecule has 0 spiro atoms. The molecule has 4 saturated carbocycles. The monoisotopic (exact) mass is 266 g/mol. The van der Waals surface area contributed by atoms with Gasteiger partial charge in [0.1, 0.15) is 5.54 Å². The molecule has 5 rings (SSSR count). The second-order valence-electron chi connectivity index (χ2n) is 7.28. The van der Waals surface area contributed by atoms with Crippen LogP contribution in [0.2, 0.25) is 0 Å². The Kier molecular flexibility index (Phi) is 2.61. The maximum absolute atomic E-state index is 9.95. The van der Waals surface area contributed by atoms with Crippen molar-refractivity contribution in [1.29, 1.82) is 5.26 Å². The average Bonchev–Trinajstić information content (AvgIpc) is 2.44. The first-order valence-corrected chi connectivity index (χ1v) is 7.95. The van der Waals surface area contributed by atoms with Gasteiger partial charge in [-0.05, 0) is 74.8 Å². The predicted molar refractivity (Wildman–Crippen MR) is 80.2 cm³/mol. The van der Waals surface area contributed by atoms with Crippen LogP contribution in [0.4, 0.5) is 5.69 Å². The highest BCUT2D eigenvalue weighted by Gasteiger charge is 2.57. The molecule has 0 atom stereocenters. The fourth-order valence-electron chi connectivity index (χ4n) is 5.22. The van der Waals surface area contributed by atoms with Crippen molar-refractivity contribution in [2.75, 3.05) is 5.32 Å². The summed E-state index contributed by atoms with van der Waals surface area (Å²) in [6, 6.07) is 11.2. The molecule has 4 bridgehead atoms. The van der Waals surface area contributed by atoms with Gasteiger partial charge in [-0.3, -0.25) is 0 Å². The van der Waals surface area contributed by atoms with E-state index in [-0.39, 0.29) is 5.54 Å². The summed E-state index contributed by atoms with van der Waals surface area (Å²) in [7, 11) is 0. The molecule has 20 heavy (non-hydrogen) atoms. The third-order valence-corrected chi connectivity index (χ3v) is 6.01. The van der Waals surface area contributed by atoms with Crippen LogP contribution in [-0.2, 0) is 0 Å². The van der Waals surface area contributed by atoms with E-state index in [0.717, 1.165) is 17.5 Å². The van der Waals surface area contributed by atoms with Gasteiger partial charge in [0.05, 0.1) is 6.07 Å². The summed E-state index contributed by atoms with van der Waals surface area (Å²) in [4.78, 5) is 0. The van der Waals surface area contributed by atoms with Crippen molar-refractivity contribution in [1.82, 2.24) is 0 Å². The van der Waals surface area contributed by atoms with E-state index in [0.29, 0.717) is 11.8 Å². The number of hydrogen-bond acceptors (Lipinski definition) is 2. The highest BCUT2D eigenvalue weighted by Crippen LogP contribution is 2.58. The van der Waals surface area contributed by atoms with Crippen LogP contribution >= 0.6 is 0 Å². The maximum atomic E-state index is 9.95. The molecule has 0 aliphatic heterocycles. The Hall–Kier alpha value is -1.49. The zero-order valence-electron chi connectivity index (χ0n) is 12.1. The second-order valence-corrected chi connectivity index (χ2v) is 7.28. The Morgan fingerprint density at radius 2 is 1.55 bits per heavy atom. The van der Waals surface area contributed by atoms with Crippen molar-refractivity contribution in [3.63, 3.8) is 0 Å². The Balaban J connectivity index is 1.66. The molecule has 2 heteroatoms. The smallest absolute Gasteiger partial charge is 0.131 e. The fourth-order valence-corrected chi connectivity index (χ4v) is 5.22. The number of nitriles is 1. The molecular weight excluding hydrogens is 244 g/mol. The summed E-state index contributed by atoms with van der Waals surface area (Å²) in [6.07, 6.45) is 6.48. The number of hydrogen-bond donors (Lipinski definition) is 1. The molecular formula is C18H22N2. The van der Waals surface area contributed by atoms with Crippen molar-refractivity contribution in [2.24, 2.45) is 23.7 Å². The van der Waals surface area contributed by atoms with Crippen LogP contribution in [0.25, 0.3) is 0 Å². The molecule has 0 amide bonds. The van der Waals surface area contributed by atoms with Gasteiger partial charge in [-0.25, -0.2) is 0 Å². The van der Waals surface area contributed by atoms with E-state index in [1.807, 2.05) is 0 Å². The van der Waals surface area contributed by atoms with Crippen molar-refractivity contribution in [2.45, 2.75) is 44.6 Å². The van der Waals surface area contributed by atoms with Crippen LogP contribution in [0.3, 0.4) is 0 Å². The van der Waals surface area contributed by atoms with Crippen LogP contribution in [0, 0.1) is 41.9 Å². The number of aryl methyl sites for hydroxylation is 1. The minimum absolute atomic E-state index is 0.303. The summed E-state index contributed by atoms with van der Waals surface area (Å²) in [5.74, 6) is 2.92. The normalized spacial score (nSPS) is 41.4. The first kappa shape index (κ1) is 12.3. The highest BCUT2D eigenvalue weighted by atomic mass is 15.0. The van der Waals surface area contributed by atoms with Gasteiger partial charge in [0.15, 0.2) is 0 Å². The summed E-state index contributed by atoms with van der Waals surface area (Å²) in [6.45, 7) is 2.10. The van der Waals surface area contributed by atoms with Gasteiger partial charge in [0.25, 0.3) is 0 Å². The van der Waals surface area contributed by atoms with Crippen molar-refractivity contribution >= 4 is 5.69 Å². The molecule has 4 aliphatic rings. The van der Waals surface area contributed by atoms with Gasteiger partial charge in [-0.1, -0.05) is 17.7 Å². The van der Waals surface area contributed by atoms with E-state index in [9.17, 15) is 5.26 Å². The quantitative estimate of drug-likeness (QED) is 0.873. The van der Waals surface area contributed by atoms with E-state index >= 15 is 0 Å². The van der Waals surface area contributed by atoms with E-state index in [4.69, 9.17) is 0 Å². The number of anilines is 1. The number of benzene rings is 1. The Morgan fingerprint density at radius 3 is 2.05 bits per heavy atom. The summed E-state index contributed by atoms with van der Waals surface area (Å²) in [5, 5.41) is 13.6. The standard InChI is InChI=1S/C18H22N2/c1-12-2-4-17(5-3-12)20-18(11-19)15-7-13-6-14(9-15)10-16(18)8-13/h2-5,13-16,20H,6-10H2,1H3. The molecule has 0 saturated heterocycles. The average molecular weight is 266 g/mol. The molecule has 1 aromatic rings. The molecule has 0 unspecified atom stereocenters. The number of nitrogens with zero attached hydrogens (tertiary/aromatic N) is 1. The molecule has 2 nitrogen and oxygen atoms in total. The molecule has 1 aromatic carbocycles. The van der Waals surface area contributed by atoms with Crippen molar-refractivity contribution in [3.8, 4) is 6.07 Å². The number of rotatable bonds is 2. The molecule has 1 N–H and O–H groups in total. The van der Waals surface area contributed by atoms with Crippen molar-refractivity contribution < 1.29 is 0 Å². The zero-order chi connectivity index (χ0) is 13.7. The maximum Gasteiger partial charge on any atom is 0.131 e. The third kappa shape index (κ3) is 1.69. The van der Waals surface area contributed by atoms with Gasteiger partial charge in [-0.15, -0.1) is 0 Å². The van der Waals surface area contributed by atoms with Gasteiger partial charge in [-0.2, -0.15) is 5.26 Å². The predicted octanol–water partition coefficient (Wildman–Crippen LogP) is 4.13. The Labute approximate surface area is 121 Å². The van der Waals surface area contributed by atoms with Gasteiger partial charge >= 0.3 is 0 Å². The minimum atomic E-state index is -0.303. The SMILES string of the molecule is Cc1ccc(NC2(C#N)C3CC4CC(C3)CC2C4)cc1. The van der Waals surface area contributed by atoms with E-state index in [1.54, 1.807) is 0 Å². The van der Waals surface area contributed by atoms with Crippen molar-refractivity contribution in [3.05, 3.63) is 29.8 Å².